The average molecular weight is 218 g/mol. The summed E-state index contributed by atoms with van der Waals surface area (Å²) in [5.74, 6) is -0.549. The lowest BCUT2D eigenvalue weighted by atomic mass is 10.3. The maximum absolute atomic E-state index is 11.1. The van der Waals surface area contributed by atoms with Gasteiger partial charge in [-0.1, -0.05) is 6.07 Å². The first-order valence-corrected chi connectivity index (χ1v) is 4.56. The Morgan fingerprint density at radius 2 is 2.31 bits per heavy atom. The zero-order valence-corrected chi connectivity index (χ0v) is 8.62. The number of nitrogen functional groups attached to an aromatic ring is 1. The molecule has 6 heteroatoms. The zero-order chi connectivity index (χ0) is 11.5. The van der Waals surface area contributed by atoms with Crippen LogP contribution in [-0.2, 0) is 4.74 Å². The van der Waals surface area contributed by atoms with Gasteiger partial charge in [0.2, 0.25) is 0 Å². The molecule has 1 aromatic carbocycles. The highest BCUT2D eigenvalue weighted by atomic mass is 16.5. The van der Waals surface area contributed by atoms with Crippen molar-refractivity contribution in [3.8, 4) is 5.69 Å². The third kappa shape index (κ3) is 1.85. The summed E-state index contributed by atoms with van der Waals surface area (Å²) in [5, 5.41) is 3.97. The number of benzene rings is 1. The number of nitrogens with zero attached hydrogens (tertiary/aromatic N) is 3. The Bertz CT molecular complexity index is 521. The van der Waals surface area contributed by atoms with Crippen LogP contribution in [0.3, 0.4) is 0 Å². The Hall–Kier alpha value is -2.37. The second-order valence-corrected chi connectivity index (χ2v) is 3.10. The van der Waals surface area contributed by atoms with Gasteiger partial charge in [-0.3, -0.25) is 0 Å². The number of hydrogen-bond acceptors (Lipinski definition) is 5. The van der Waals surface area contributed by atoms with E-state index in [0.717, 1.165) is 5.69 Å². The van der Waals surface area contributed by atoms with Gasteiger partial charge < -0.3 is 10.5 Å². The van der Waals surface area contributed by atoms with Crippen LogP contribution in [0.25, 0.3) is 5.69 Å². The van der Waals surface area contributed by atoms with Crippen molar-refractivity contribution >= 4 is 11.7 Å². The van der Waals surface area contributed by atoms with E-state index >= 15 is 0 Å². The predicted octanol–water partition coefficient (Wildman–Crippen LogP) is 0.636. The number of carbonyl (C=O) groups excluding carboxylic acids is 1. The van der Waals surface area contributed by atoms with Crippen molar-refractivity contribution in [3.63, 3.8) is 0 Å². The topological polar surface area (TPSA) is 83.0 Å². The standard InChI is InChI=1S/C10H10N4O2/c1-16-10(15)9-12-6-14(13-9)8-4-2-3-7(11)5-8/h2-6H,11H2,1H3. The summed E-state index contributed by atoms with van der Waals surface area (Å²) in [6.45, 7) is 0. The highest BCUT2D eigenvalue weighted by Gasteiger charge is 2.11. The number of aromatic nitrogens is 3. The molecule has 0 spiro atoms. The molecule has 0 aliphatic heterocycles. The fraction of sp³-hybridized carbons (Fsp3) is 0.100. The quantitative estimate of drug-likeness (QED) is 0.590. The summed E-state index contributed by atoms with van der Waals surface area (Å²) in [7, 11) is 1.28. The third-order valence-electron chi connectivity index (χ3n) is 1.99. The molecule has 0 fully saturated rings. The molecule has 6 nitrogen and oxygen atoms in total. The first-order valence-electron chi connectivity index (χ1n) is 4.56. The second kappa shape index (κ2) is 4.01. The van der Waals surface area contributed by atoms with Crippen LogP contribution in [0.2, 0.25) is 0 Å². The van der Waals surface area contributed by atoms with Gasteiger partial charge in [0.25, 0.3) is 5.82 Å². The Kier molecular flexibility index (Phi) is 2.55. The number of ether oxygens (including phenoxy) is 1. The number of esters is 1. The number of rotatable bonds is 2. The molecule has 0 radical (unpaired) electrons. The van der Waals surface area contributed by atoms with Gasteiger partial charge in [0, 0.05) is 5.69 Å². The van der Waals surface area contributed by atoms with Crippen molar-refractivity contribution in [2.24, 2.45) is 0 Å². The maximum atomic E-state index is 11.1. The van der Waals surface area contributed by atoms with Crippen molar-refractivity contribution in [1.82, 2.24) is 14.8 Å². The first kappa shape index (κ1) is 10.2. The highest BCUT2D eigenvalue weighted by molar-refractivity contribution is 5.84. The van der Waals surface area contributed by atoms with E-state index in [0.29, 0.717) is 5.69 Å². The van der Waals surface area contributed by atoms with Crippen LogP contribution in [0.5, 0.6) is 0 Å². The van der Waals surface area contributed by atoms with Gasteiger partial charge in [0.15, 0.2) is 0 Å². The molecule has 1 aromatic heterocycles. The monoisotopic (exact) mass is 218 g/mol. The second-order valence-electron chi connectivity index (χ2n) is 3.10. The number of nitrogens with two attached hydrogens (primary N) is 1. The Labute approximate surface area is 91.7 Å². The smallest absolute Gasteiger partial charge is 0.377 e. The van der Waals surface area contributed by atoms with Crippen LogP contribution in [0.4, 0.5) is 5.69 Å². The molecular formula is C10H10N4O2. The molecule has 0 bridgehead atoms. The molecule has 0 amide bonds. The minimum absolute atomic E-state index is 0.0184. The van der Waals surface area contributed by atoms with Gasteiger partial charge in [-0.15, -0.1) is 5.10 Å². The van der Waals surface area contributed by atoms with Crippen LogP contribution < -0.4 is 5.73 Å². The normalized spacial score (nSPS) is 10.1. The summed E-state index contributed by atoms with van der Waals surface area (Å²) in [6.07, 6.45) is 1.43. The predicted molar refractivity (Wildman–Crippen MR) is 57.1 cm³/mol. The van der Waals surface area contributed by atoms with E-state index in [4.69, 9.17) is 5.73 Å². The zero-order valence-electron chi connectivity index (χ0n) is 8.62. The van der Waals surface area contributed by atoms with Gasteiger partial charge >= 0.3 is 5.97 Å². The van der Waals surface area contributed by atoms with Crippen LogP contribution in [0, 0.1) is 0 Å². The molecule has 0 unspecified atom stereocenters. The van der Waals surface area contributed by atoms with Crippen molar-refractivity contribution in [2.75, 3.05) is 12.8 Å². The van der Waals surface area contributed by atoms with Crippen LogP contribution in [-0.4, -0.2) is 27.8 Å². The highest BCUT2D eigenvalue weighted by Crippen LogP contribution is 2.10. The van der Waals surface area contributed by atoms with Crippen LogP contribution >= 0.6 is 0 Å². The van der Waals surface area contributed by atoms with Crippen LogP contribution in [0.15, 0.2) is 30.6 Å². The van der Waals surface area contributed by atoms with Gasteiger partial charge in [0.1, 0.15) is 6.33 Å². The number of carbonyl (C=O) groups is 1. The SMILES string of the molecule is COC(=O)c1ncn(-c2cccc(N)c2)n1. The molecule has 82 valence electrons. The van der Waals surface area contributed by atoms with Crippen molar-refractivity contribution in [1.29, 1.82) is 0 Å². The molecule has 16 heavy (non-hydrogen) atoms. The summed E-state index contributed by atoms with van der Waals surface area (Å²) in [6, 6.07) is 7.10. The first-order chi connectivity index (χ1) is 7.70. The van der Waals surface area contributed by atoms with E-state index in [1.54, 1.807) is 18.2 Å². The fourth-order valence-electron chi connectivity index (χ4n) is 1.24. The largest absolute Gasteiger partial charge is 0.463 e. The molecule has 2 rings (SSSR count). The molecule has 0 saturated carbocycles. The Morgan fingerprint density at radius 1 is 1.50 bits per heavy atom. The van der Waals surface area contributed by atoms with Crippen LogP contribution in [0.1, 0.15) is 10.6 Å². The lowest BCUT2D eigenvalue weighted by Crippen LogP contribution is -2.05. The molecule has 0 atom stereocenters. The summed E-state index contributed by atoms with van der Waals surface area (Å²) >= 11 is 0. The van der Waals surface area contributed by atoms with Gasteiger partial charge in [-0.2, -0.15) is 0 Å². The molecule has 2 aromatic rings. The molecule has 0 aliphatic rings. The Balaban J connectivity index is 2.35. The molecule has 0 aliphatic carbocycles. The van der Waals surface area contributed by atoms with Gasteiger partial charge in [-0.25, -0.2) is 14.5 Å². The van der Waals surface area contributed by atoms with E-state index in [9.17, 15) is 4.79 Å². The summed E-state index contributed by atoms with van der Waals surface area (Å²) in [4.78, 5) is 15.0. The molecule has 1 heterocycles. The molecule has 2 N–H and O–H groups in total. The van der Waals surface area contributed by atoms with Crippen molar-refractivity contribution in [3.05, 3.63) is 36.4 Å². The average Bonchev–Trinajstić information content (AvgIpc) is 2.77. The third-order valence-corrected chi connectivity index (χ3v) is 1.99. The van der Waals surface area contributed by atoms with E-state index in [-0.39, 0.29) is 5.82 Å². The number of hydrogen-bond donors (Lipinski definition) is 1. The maximum Gasteiger partial charge on any atom is 0.377 e. The van der Waals surface area contributed by atoms with E-state index < -0.39 is 5.97 Å². The number of anilines is 1. The fourth-order valence-corrected chi connectivity index (χ4v) is 1.24. The Morgan fingerprint density at radius 3 is 3.00 bits per heavy atom. The van der Waals surface area contributed by atoms with Crippen molar-refractivity contribution in [2.45, 2.75) is 0 Å². The lowest BCUT2D eigenvalue weighted by Gasteiger charge is -2.00. The van der Waals surface area contributed by atoms with E-state index in [1.165, 1.54) is 18.1 Å². The minimum atomic E-state index is -0.567. The molecular weight excluding hydrogens is 208 g/mol. The van der Waals surface area contributed by atoms with Gasteiger partial charge in [-0.05, 0) is 18.2 Å². The van der Waals surface area contributed by atoms with Gasteiger partial charge in [0.05, 0.1) is 12.8 Å². The lowest BCUT2D eigenvalue weighted by molar-refractivity contribution is 0.0587. The van der Waals surface area contributed by atoms with E-state index in [1.807, 2.05) is 6.07 Å². The summed E-state index contributed by atoms with van der Waals surface area (Å²) in [5.41, 5.74) is 6.99. The number of methoxy groups -OCH3 is 1. The minimum Gasteiger partial charge on any atom is -0.463 e. The van der Waals surface area contributed by atoms with E-state index in [2.05, 4.69) is 14.8 Å². The van der Waals surface area contributed by atoms with Crippen molar-refractivity contribution < 1.29 is 9.53 Å². The molecule has 0 saturated heterocycles. The summed E-state index contributed by atoms with van der Waals surface area (Å²) < 4.78 is 5.97.